The number of hydrogen-bond donors (Lipinski definition) is 3. The Labute approximate surface area is 178 Å². The number of aliphatic hydroxyl groups is 1. The smallest absolute Gasteiger partial charge is 0.333 e. The maximum atomic E-state index is 12.7. The predicted octanol–water partition coefficient (Wildman–Crippen LogP) is 4.30. The van der Waals surface area contributed by atoms with E-state index in [2.05, 4.69) is 18.0 Å². The highest BCUT2D eigenvalue weighted by Gasteiger charge is 2.29. The second-order valence-electron chi connectivity index (χ2n) is 8.44. The summed E-state index contributed by atoms with van der Waals surface area (Å²) >= 11 is 0. The van der Waals surface area contributed by atoms with Crippen molar-refractivity contribution in [2.24, 2.45) is 0 Å². The Morgan fingerprint density at radius 2 is 1.93 bits per heavy atom. The molecule has 0 aromatic carbocycles. The Balaban J connectivity index is 1.83. The molecule has 1 saturated carbocycles. The third-order valence-electron chi connectivity index (χ3n) is 5.52. The lowest BCUT2D eigenvalue weighted by Crippen LogP contribution is -2.39. The molecule has 2 aliphatic carbocycles. The normalized spacial score (nSPS) is 20.0. The Bertz CT molecular complexity index is 1020. The van der Waals surface area contributed by atoms with Gasteiger partial charge in [-0.2, -0.15) is 8.42 Å². The lowest BCUT2D eigenvalue weighted by molar-refractivity contribution is 0.0769. The maximum Gasteiger partial charge on any atom is 0.333 e. The molecule has 164 valence electrons. The Morgan fingerprint density at radius 3 is 2.60 bits per heavy atom. The number of rotatable bonds is 4. The summed E-state index contributed by atoms with van der Waals surface area (Å²) in [5.74, 6) is 0.276. The molecular weight excluding hydrogens is 404 g/mol. The van der Waals surface area contributed by atoms with Crippen molar-refractivity contribution in [3.05, 3.63) is 52.5 Å². The first-order valence-electron chi connectivity index (χ1n) is 10.3. The van der Waals surface area contributed by atoms with E-state index in [-0.39, 0.29) is 5.76 Å². The van der Waals surface area contributed by atoms with Crippen LogP contribution in [0.15, 0.2) is 50.6 Å². The van der Waals surface area contributed by atoms with Gasteiger partial charge in [0.15, 0.2) is 0 Å². The van der Waals surface area contributed by atoms with Gasteiger partial charge in [-0.05, 0) is 82.4 Å². The standard InChI is InChI=1S/C22H30N2O5S/c1-14-9-6-5-7-10-16-11-8-12-17(16)20(14)23-21(25)24-30(27,28)19-13-18(15(2)29-19)22(3,4)26/h10,13,26H,1,5-9,11-12H2,2-4H3,(H2,23,24,25)/b16-10-,20-17?. The van der Waals surface area contributed by atoms with Gasteiger partial charge in [-0.3, -0.25) is 0 Å². The van der Waals surface area contributed by atoms with E-state index < -0.39 is 26.7 Å². The van der Waals surface area contributed by atoms with E-state index in [1.807, 2.05) is 4.72 Å². The minimum atomic E-state index is -4.24. The molecule has 0 radical (unpaired) electrons. The average molecular weight is 435 g/mol. The molecule has 0 unspecified atom stereocenters. The number of furan rings is 1. The summed E-state index contributed by atoms with van der Waals surface area (Å²) in [6, 6.07) is 0.381. The summed E-state index contributed by atoms with van der Waals surface area (Å²) in [6.45, 7) is 8.75. The summed E-state index contributed by atoms with van der Waals surface area (Å²) in [4.78, 5) is 12.6. The number of nitrogens with one attached hydrogen (secondary N) is 2. The van der Waals surface area contributed by atoms with Crippen molar-refractivity contribution in [3.8, 4) is 0 Å². The summed E-state index contributed by atoms with van der Waals surface area (Å²) in [7, 11) is -4.24. The van der Waals surface area contributed by atoms with Gasteiger partial charge in [0.25, 0.3) is 10.0 Å². The number of carbonyl (C=O) groups is 1. The van der Waals surface area contributed by atoms with Gasteiger partial charge < -0.3 is 14.8 Å². The molecule has 0 bridgehead atoms. The van der Waals surface area contributed by atoms with E-state index in [9.17, 15) is 18.3 Å². The molecule has 2 aliphatic rings. The van der Waals surface area contributed by atoms with Crippen LogP contribution < -0.4 is 10.0 Å². The zero-order valence-corrected chi connectivity index (χ0v) is 18.6. The highest BCUT2D eigenvalue weighted by Crippen LogP contribution is 2.36. The van der Waals surface area contributed by atoms with Gasteiger partial charge in [0, 0.05) is 17.3 Å². The first-order valence-corrected chi connectivity index (χ1v) is 11.7. The molecule has 2 amide bonds. The summed E-state index contributed by atoms with van der Waals surface area (Å²) in [5.41, 5.74) is 2.78. The van der Waals surface area contributed by atoms with Crippen molar-refractivity contribution in [2.75, 3.05) is 0 Å². The van der Waals surface area contributed by atoms with Gasteiger partial charge in [-0.15, -0.1) is 0 Å². The highest BCUT2D eigenvalue weighted by molar-refractivity contribution is 7.89. The Morgan fingerprint density at radius 1 is 1.20 bits per heavy atom. The first kappa shape index (κ1) is 22.4. The second-order valence-corrected chi connectivity index (χ2v) is 10.1. The number of carbonyl (C=O) groups excluding carboxylic acids is 1. The molecule has 1 aromatic heterocycles. The minimum absolute atomic E-state index is 0.276. The van der Waals surface area contributed by atoms with E-state index in [0.717, 1.165) is 56.1 Å². The van der Waals surface area contributed by atoms with E-state index in [1.165, 1.54) is 25.5 Å². The lowest BCUT2D eigenvalue weighted by Gasteiger charge is -2.16. The van der Waals surface area contributed by atoms with Crippen LogP contribution in [0, 0.1) is 6.92 Å². The Hall–Kier alpha value is -2.32. The number of hydrogen-bond acceptors (Lipinski definition) is 5. The number of sulfonamides is 1. The molecule has 3 N–H and O–H groups in total. The van der Waals surface area contributed by atoms with E-state index >= 15 is 0 Å². The lowest BCUT2D eigenvalue weighted by atomic mass is 10.00. The van der Waals surface area contributed by atoms with Crippen molar-refractivity contribution < 1.29 is 22.7 Å². The van der Waals surface area contributed by atoms with Gasteiger partial charge in [-0.1, -0.05) is 12.7 Å². The van der Waals surface area contributed by atoms with Gasteiger partial charge in [-0.25, -0.2) is 9.52 Å². The highest BCUT2D eigenvalue weighted by atomic mass is 32.2. The van der Waals surface area contributed by atoms with Crippen LogP contribution in [0.5, 0.6) is 0 Å². The molecule has 0 spiro atoms. The zero-order valence-electron chi connectivity index (χ0n) is 17.8. The van der Waals surface area contributed by atoms with Crippen LogP contribution in [-0.2, 0) is 15.6 Å². The molecule has 1 heterocycles. The van der Waals surface area contributed by atoms with Crippen molar-refractivity contribution in [1.29, 1.82) is 0 Å². The van der Waals surface area contributed by atoms with Crippen LogP contribution in [0.3, 0.4) is 0 Å². The van der Waals surface area contributed by atoms with Gasteiger partial charge >= 0.3 is 6.03 Å². The fourth-order valence-electron chi connectivity index (χ4n) is 4.05. The summed E-state index contributed by atoms with van der Waals surface area (Å²) in [6.07, 6.45) is 8.79. The van der Waals surface area contributed by atoms with E-state index in [4.69, 9.17) is 4.42 Å². The molecule has 30 heavy (non-hydrogen) atoms. The van der Waals surface area contributed by atoms with E-state index in [1.54, 1.807) is 6.92 Å². The SMILES string of the molecule is C=C1CCCC/C=C2/CCCC2=C1NC(=O)NS(=O)(=O)c1cc(C(C)(C)O)c(C)o1. The van der Waals surface area contributed by atoms with Crippen LogP contribution in [0.4, 0.5) is 4.79 Å². The summed E-state index contributed by atoms with van der Waals surface area (Å²) in [5, 5.41) is 12.5. The molecule has 8 heteroatoms. The summed E-state index contributed by atoms with van der Waals surface area (Å²) < 4.78 is 32.7. The predicted molar refractivity (Wildman–Crippen MR) is 114 cm³/mol. The van der Waals surface area contributed by atoms with Crippen molar-refractivity contribution in [2.45, 2.75) is 76.4 Å². The number of fused-ring (bicyclic) bond motifs is 1. The number of aryl methyl sites for hydroxylation is 1. The third kappa shape index (κ3) is 4.87. The zero-order chi connectivity index (χ0) is 22.1. The largest absolute Gasteiger partial charge is 0.448 e. The van der Waals surface area contributed by atoms with Crippen LogP contribution in [0.25, 0.3) is 0 Å². The third-order valence-corrected chi connectivity index (χ3v) is 6.71. The number of amides is 2. The first-order chi connectivity index (χ1) is 14.0. The molecule has 0 aliphatic heterocycles. The molecule has 0 saturated heterocycles. The van der Waals surface area contributed by atoms with Crippen molar-refractivity contribution in [3.63, 3.8) is 0 Å². The van der Waals surface area contributed by atoms with Crippen LogP contribution in [-0.4, -0.2) is 19.6 Å². The molecule has 1 aromatic rings. The molecule has 7 nitrogen and oxygen atoms in total. The fraction of sp³-hybridized carbons (Fsp3) is 0.500. The van der Waals surface area contributed by atoms with Crippen LogP contribution in [0.2, 0.25) is 0 Å². The molecular formula is C22H30N2O5S. The molecule has 3 rings (SSSR count). The fourth-order valence-corrected chi connectivity index (χ4v) is 4.95. The van der Waals surface area contributed by atoms with Gasteiger partial charge in [0.1, 0.15) is 5.76 Å². The number of allylic oxidation sites excluding steroid dienone is 4. The van der Waals surface area contributed by atoms with E-state index in [0.29, 0.717) is 11.3 Å². The molecule has 0 atom stereocenters. The molecule has 1 fully saturated rings. The van der Waals surface area contributed by atoms with Crippen molar-refractivity contribution in [1.82, 2.24) is 10.0 Å². The number of urea groups is 1. The average Bonchev–Trinajstić information content (AvgIpc) is 3.25. The van der Waals surface area contributed by atoms with Crippen LogP contribution in [0.1, 0.15) is 70.1 Å². The van der Waals surface area contributed by atoms with Gasteiger partial charge in [0.2, 0.25) is 5.09 Å². The maximum absolute atomic E-state index is 12.7. The van der Waals surface area contributed by atoms with Crippen molar-refractivity contribution >= 4 is 16.1 Å². The quantitative estimate of drug-likeness (QED) is 0.655. The van der Waals surface area contributed by atoms with Gasteiger partial charge in [0.05, 0.1) is 5.60 Å². The second kappa shape index (κ2) is 8.43. The monoisotopic (exact) mass is 434 g/mol. The topological polar surface area (TPSA) is 109 Å². The Kier molecular flexibility index (Phi) is 6.29. The van der Waals surface area contributed by atoms with Crippen LogP contribution >= 0.6 is 0 Å². The minimum Gasteiger partial charge on any atom is -0.448 e.